The second kappa shape index (κ2) is 12.8. The lowest BCUT2D eigenvalue weighted by Gasteiger charge is -2.20. The molecule has 0 aliphatic heterocycles. The number of carbonyl (C=O) groups excluding carboxylic acids is 1. The number of carboxylic acid groups (broad SMARTS) is 1. The molecular formula is C21H34O5. The van der Waals surface area contributed by atoms with Crippen LogP contribution in [0.1, 0.15) is 58.3 Å². The molecule has 26 heavy (non-hydrogen) atoms. The summed E-state index contributed by atoms with van der Waals surface area (Å²) in [6, 6.07) is 0. The standard InChI is InChI=1S/C21H34O5/c1-4-5-10-16(25-2)13-14-18-17(19(22)15-20(18)26-3)11-8-6-7-9-12-21(23)24/h6,8,13-14,16-18,20H,4-5,7,9-12,15H2,1-3H3,(H,23,24)/b8-6+,14-13+. The second-order valence-electron chi connectivity index (χ2n) is 6.92. The van der Waals surface area contributed by atoms with Crippen LogP contribution in [0.4, 0.5) is 0 Å². The molecule has 5 nitrogen and oxygen atoms in total. The lowest BCUT2D eigenvalue weighted by atomic mass is 9.90. The Morgan fingerprint density at radius 3 is 2.69 bits per heavy atom. The van der Waals surface area contributed by atoms with Crippen molar-refractivity contribution >= 4 is 11.8 Å². The van der Waals surface area contributed by atoms with Crippen molar-refractivity contribution in [2.75, 3.05) is 14.2 Å². The number of ether oxygens (including phenoxy) is 2. The van der Waals surface area contributed by atoms with E-state index in [2.05, 4.69) is 19.1 Å². The quantitative estimate of drug-likeness (QED) is 0.391. The number of rotatable bonds is 13. The molecule has 4 atom stereocenters. The lowest BCUT2D eigenvalue weighted by molar-refractivity contribution is -0.137. The van der Waals surface area contributed by atoms with Crippen molar-refractivity contribution in [3.63, 3.8) is 0 Å². The van der Waals surface area contributed by atoms with Gasteiger partial charge in [-0.2, -0.15) is 0 Å². The topological polar surface area (TPSA) is 72.8 Å². The summed E-state index contributed by atoms with van der Waals surface area (Å²) in [4.78, 5) is 22.9. The molecule has 0 amide bonds. The van der Waals surface area contributed by atoms with Gasteiger partial charge in [-0.05, 0) is 25.7 Å². The van der Waals surface area contributed by atoms with Gasteiger partial charge in [0.25, 0.3) is 0 Å². The Bertz CT molecular complexity index is 483. The number of aliphatic carboxylic acids is 1. The van der Waals surface area contributed by atoms with Crippen LogP contribution in [-0.4, -0.2) is 43.3 Å². The summed E-state index contributed by atoms with van der Waals surface area (Å²) >= 11 is 0. The molecule has 0 spiro atoms. The number of methoxy groups -OCH3 is 2. The van der Waals surface area contributed by atoms with Gasteiger partial charge in [-0.15, -0.1) is 0 Å². The van der Waals surface area contributed by atoms with Crippen LogP contribution in [0.2, 0.25) is 0 Å². The molecule has 1 saturated carbocycles. The van der Waals surface area contributed by atoms with E-state index in [0.29, 0.717) is 19.3 Å². The van der Waals surface area contributed by atoms with Crippen molar-refractivity contribution < 1.29 is 24.2 Å². The van der Waals surface area contributed by atoms with Crippen molar-refractivity contribution in [2.45, 2.75) is 70.5 Å². The molecule has 0 bridgehead atoms. The maximum atomic E-state index is 12.4. The third-order valence-electron chi connectivity index (χ3n) is 5.02. The fraction of sp³-hybridized carbons (Fsp3) is 0.714. The average molecular weight is 366 g/mol. The van der Waals surface area contributed by atoms with Gasteiger partial charge in [0, 0.05) is 38.9 Å². The number of hydrogen-bond donors (Lipinski definition) is 1. The van der Waals surface area contributed by atoms with Gasteiger partial charge in [-0.25, -0.2) is 0 Å². The summed E-state index contributed by atoms with van der Waals surface area (Å²) in [5.41, 5.74) is 0. The van der Waals surface area contributed by atoms with Crippen LogP contribution in [0.25, 0.3) is 0 Å². The van der Waals surface area contributed by atoms with Gasteiger partial charge in [0.15, 0.2) is 0 Å². The van der Waals surface area contributed by atoms with Gasteiger partial charge in [-0.1, -0.05) is 44.1 Å². The number of hydrogen-bond acceptors (Lipinski definition) is 4. The highest BCUT2D eigenvalue weighted by Crippen LogP contribution is 2.35. The molecule has 0 saturated heterocycles. The van der Waals surface area contributed by atoms with E-state index in [1.54, 1.807) is 14.2 Å². The first-order valence-electron chi connectivity index (χ1n) is 9.66. The van der Waals surface area contributed by atoms with E-state index in [9.17, 15) is 9.59 Å². The fourth-order valence-electron chi connectivity index (χ4n) is 3.43. The predicted molar refractivity (Wildman–Crippen MR) is 102 cm³/mol. The molecule has 0 aromatic carbocycles. The number of unbranched alkanes of at least 4 members (excludes halogenated alkanes) is 2. The molecule has 1 aliphatic carbocycles. The highest BCUT2D eigenvalue weighted by molar-refractivity contribution is 5.84. The monoisotopic (exact) mass is 366 g/mol. The first-order valence-corrected chi connectivity index (χ1v) is 9.66. The zero-order valence-electron chi connectivity index (χ0n) is 16.4. The summed E-state index contributed by atoms with van der Waals surface area (Å²) in [5, 5.41) is 8.65. The molecule has 0 heterocycles. The van der Waals surface area contributed by atoms with Crippen LogP contribution in [-0.2, 0) is 19.1 Å². The SMILES string of the molecule is CCCCC(/C=C/C1C(OC)CC(=O)C1C/C=C/CCCC(=O)O)OC. The Balaban J connectivity index is 2.64. The van der Waals surface area contributed by atoms with E-state index in [-0.39, 0.29) is 36.2 Å². The molecule has 1 N–H and O–H groups in total. The molecule has 5 heteroatoms. The molecular weight excluding hydrogens is 332 g/mol. The molecule has 0 aromatic heterocycles. The summed E-state index contributed by atoms with van der Waals surface area (Å²) < 4.78 is 11.1. The summed E-state index contributed by atoms with van der Waals surface area (Å²) in [6.45, 7) is 2.16. The number of ketones is 1. The molecule has 1 aliphatic rings. The zero-order chi connectivity index (χ0) is 19.4. The summed E-state index contributed by atoms with van der Waals surface area (Å²) in [7, 11) is 3.38. The maximum absolute atomic E-state index is 12.4. The summed E-state index contributed by atoms with van der Waals surface area (Å²) in [5.74, 6) is -0.538. The Hall–Kier alpha value is -1.46. The van der Waals surface area contributed by atoms with Crippen LogP contribution in [0.15, 0.2) is 24.3 Å². The first-order chi connectivity index (χ1) is 12.5. The third kappa shape index (κ3) is 7.83. The van der Waals surface area contributed by atoms with Crippen LogP contribution in [0, 0.1) is 11.8 Å². The molecule has 148 valence electrons. The average Bonchev–Trinajstić information content (AvgIpc) is 2.93. The van der Waals surface area contributed by atoms with E-state index in [0.717, 1.165) is 25.7 Å². The Morgan fingerprint density at radius 1 is 1.31 bits per heavy atom. The highest BCUT2D eigenvalue weighted by Gasteiger charge is 2.40. The van der Waals surface area contributed by atoms with Gasteiger partial charge in [0.05, 0.1) is 12.2 Å². The van der Waals surface area contributed by atoms with E-state index >= 15 is 0 Å². The Labute approximate surface area is 157 Å². The Kier molecular flexibility index (Phi) is 11.1. The number of allylic oxidation sites excluding steroid dienone is 2. The van der Waals surface area contributed by atoms with Crippen molar-refractivity contribution in [3.8, 4) is 0 Å². The van der Waals surface area contributed by atoms with Gasteiger partial charge in [-0.3, -0.25) is 9.59 Å². The smallest absolute Gasteiger partial charge is 0.303 e. The van der Waals surface area contributed by atoms with E-state index < -0.39 is 5.97 Å². The van der Waals surface area contributed by atoms with Gasteiger partial charge in [0.2, 0.25) is 0 Å². The van der Waals surface area contributed by atoms with Crippen molar-refractivity contribution in [3.05, 3.63) is 24.3 Å². The van der Waals surface area contributed by atoms with Gasteiger partial charge < -0.3 is 14.6 Å². The minimum absolute atomic E-state index is 0.0652. The van der Waals surface area contributed by atoms with Crippen LogP contribution < -0.4 is 0 Å². The molecule has 1 fully saturated rings. The first kappa shape index (κ1) is 22.6. The molecule has 0 radical (unpaired) electrons. The van der Waals surface area contributed by atoms with Gasteiger partial charge in [0.1, 0.15) is 5.78 Å². The van der Waals surface area contributed by atoms with Gasteiger partial charge >= 0.3 is 5.97 Å². The van der Waals surface area contributed by atoms with Crippen molar-refractivity contribution in [1.29, 1.82) is 0 Å². The van der Waals surface area contributed by atoms with Crippen molar-refractivity contribution in [1.82, 2.24) is 0 Å². The minimum atomic E-state index is -0.770. The molecule has 4 unspecified atom stereocenters. The number of carbonyl (C=O) groups is 2. The molecule has 0 aromatic rings. The van der Waals surface area contributed by atoms with Crippen LogP contribution in [0.5, 0.6) is 0 Å². The van der Waals surface area contributed by atoms with Crippen molar-refractivity contribution in [2.24, 2.45) is 11.8 Å². The number of carboxylic acids is 1. The molecule has 1 rings (SSSR count). The maximum Gasteiger partial charge on any atom is 0.303 e. The second-order valence-corrected chi connectivity index (χ2v) is 6.92. The normalized spacial score (nSPS) is 24.7. The van der Waals surface area contributed by atoms with E-state index in [1.165, 1.54) is 0 Å². The number of Topliss-reactive ketones (excluding diaryl/α,β-unsaturated/α-hetero) is 1. The highest BCUT2D eigenvalue weighted by atomic mass is 16.5. The lowest BCUT2D eigenvalue weighted by Crippen LogP contribution is -2.20. The zero-order valence-corrected chi connectivity index (χ0v) is 16.4. The van der Waals surface area contributed by atoms with Crippen LogP contribution >= 0.6 is 0 Å². The minimum Gasteiger partial charge on any atom is -0.481 e. The van der Waals surface area contributed by atoms with E-state index in [4.69, 9.17) is 14.6 Å². The summed E-state index contributed by atoms with van der Waals surface area (Å²) in [6.07, 6.45) is 14.1. The Morgan fingerprint density at radius 2 is 2.08 bits per heavy atom. The third-order valence-corrected chi connectivity index (χ3v) is 5.02. The van der Waals surface area contributed by atoms with Crippen LogP contribution in [0.3, 0.4) is 0 Å². The van der Waals surface area contributed by atoms with E-state index in [1.807, 2.05) is 12.2 Å². The predicted octanol–water partition coefficient (Wildman–Crippen LogP) is 4.17. The largest absolute Gasteiger partial charge is 0.481 e. The fourth-order valence-corrected chi connectivity index (χ4v) is 3.43.